The quantitative estimate of drug-likeness (QED) is 0.205. The molecule has 4 heteroatoms. The molecule has 172 valence electrons. The molecular weight excluding hydrogens is 428 g/mol. The number of carbonyl (C=O) groups excluding carboxylic acids is 1. The molecule has 0 heterocycles. The highest BCUT2D eigenvalue weighted by atomic mass is 32.2. The van der Waals surface area contributed by atoms with Crippen molar-refractivity contribution in [3.63, 3.8) is 0 Å². The predicted octanol–water partition coefficient (Wildman–Crippen LogP) is 7.04. The highest BCUT2D eigenvalue weighted by molar-refractivity contribution is 7.97. The van der Waals surface area contributed by atoms with Crippen LogP contribution in [-0.4, -0.2) is 18.2 Å². The topological polar surface area (TPSA) is 35.5 Å². The van der Waals surface area contributed by atoms with E-state index in [1.165, 1.54) is 27.5 Å². The van der Waals surface area contributed by atoms with E-state index >= 15 is 0 Å². The molecule has 0 atom stereocenters. The summed E-state index contributed by atoms with van der Waals surface area (Å²) in [4.78, 5) is 16.4. The predicted molar refractivity (Wildman–Crippen MR) is 134 cm³/mol. The summed E-state index contributed by atoms with van der Waals surface area (Å²) in [6, 6.07) is 25.5. The van der Waals surface area contributed by atoms with Crippen molar-refractivity contribution >= 4 is 16.9 Å². The summed E-state index contributed by atoms with van der Waals surface area (Å²) in [5.41, 5.74) is 1.79. The Labute approximate surface area is 200 Å². The first-order valence-corrected chi connectivity index (χ1v) is 13.0. The molecule has 1 fully saturated rings. The average Bonchev–Trinajstić information content (AvgIpc) is 3.31. The van der Waals surface area contributed by atoms with Crippen LogP contribution in [0.4, 0.5) is 0 Å². The highest BCUT2D eigenvalue weighted by Crippen LogP contribution is 2.37. The number of aryl methyl sites for hydroxylation is 2. The number of rotatable bonds is 8. The molecule has 0 unspecified atom stereocenters. The Morgan fingerprint density at radius 3 is 1.85 bits per heavy atom. The van der Waals surface area contributed by atoms with Crippen LogP contribution in [0.1, 0.15) is 50.2 Å². The van der Waals surface area contributed by atoms with Crippen LogP contribution in [0.3, 0.4) is 0 Å². The standard InChI is InChI=1S/C29H33O3S/c1-4-29(17-11-12-18-29)31-21-27(30)32-28-22(2)19-26(20-23(28)3)33(24-13-7-5-8-14-24)25-15-9-6-10-16-25/h5-10,13-16,19-20H,4,11-12,17-18,21H2,1-3H3/q+1. The van der Waals surface area contributed by atoms with Crippen molar-refractivity contribution in [1.29, 1.82) is 0 Å². The smallest absolute Gasteiger partial charge is 0.337 e. The van der Waals surface area contributed by atoms with Gasteiger partial charge in [-0.25, -0.2) is 4.79 Å². The van der Waals surface area contributed by atoms with E-state index in [9.17, 15) is 4.79 Å². The second-order valence-electron chi connectivity index (χ2n) is 8.82. The van der Waals surface area contributed by atoms with Crippen LogP contribution in [0.15, 0.2) is 87.5 Å². The van der Waals surface area contributed by atoms with Crippen molar-refractivity contribution in [2.45, 2.75) is 73.2 Å². The molecule has 1 saturated carbocycles. The summed E-state index contributed by atoms with van der Waals surface area (Å²) in [6.07, 6.45) is 5.35. The van der Waals surface area contributed by atoms with Gasteiger partial charge in [0.25, 0.3) is 0 Å². The Morgan fingerprint density at radius 2 is 1.36 bits per heavy atom. The minimum Gasteiger partial charge on any atom is -0.424 e. The van der Waals surface area contributed by atoms with Gasteiger partial charge < -0.3 is 9.47 Å². The molecule has 4 rings (SSSR count). The largest absolute Gasteiger partial charge is 0.424 e. The van der Waals surface area contributed by atoms with Crippen molar-refractivity contribution in [2.75, 3.05) is 6.61 Å². The Hall–Kier alpha value is -2.56. The maximum absolute atomic E-state index is 12.6. The first-order valence-electron chi connectivity index (χ1n) is 11.8. The second-order valence-corrected chi connectivity index (χ2v) is 10.9. The fourth-order valence-corrected chi connectivity index (χ4v) is 6.95. The Bertz CT molecular complexity index is 1010. The van der Waals surface area contributed by atoms with E-state index in [1.807, 2.05) is 26.0 Å². The monoisotopic (exact) mass is 461 g/mol. The molecule has 0 aromatic heterocycles. The molecular formula is C29H33O3S+. The van der Waals surface area contributed by atoms with Crippen molar-refractivity contribution < 1.29 is 14.3 Å². The van der Waals surface area contributed by atoms with E-state index in [2.05, 4.69) is 67.6 Å². The van der Waals surface area contributed by atoms with E-state index in [0.29, 0.717) is 5.75 Å². The third-order valence-electron chi connectivity index (χ3n) is 6.50. The van der Waals surface area contributed by atoms with Crippen molar-refractivity contribution in [1.82, 2.24) is 0 Å². The molecule has 0 spiro atoms. The van der Waals surface area contributed by atoms with E-state index < -0.39 is 0 Å². The van der Waals surface area contributed by atoms with Gasteiger partial charge in [-0.15, -0.1) is 0 Å². The van der Waals surface area contributed by atoms with Gasteiger partial charge in [0.2, 0.25) is 0 Å². The van der Waals surface area contributed by atoms with Gasteiger partial charge in [0.15, 0.2) is 14.7 Å². The van der Waals surface area contributed by atoms with Crippen LogP contribution < -0.4 is 4.74 Å². The lowest BCUT2D eigenvalue weighted by molar-refractivity contribution is -0.147. The summed E-state index contributed by atoms with van der Waals surface area (Å²) < 4.78 is 11.9. The zero-order chi connectivity index (χ0) is 23.3. The van der Waals surface area contributed by atoms with E-state index in [0.717, 1.165) is 30.4 Å². The van der Waals surface area contributed by atoms with E-state index in [-0.39, 0.29) is 29.1 Å². The molecule has 0 aliphatic heterocycles. The highest BCUT2D eigenvalue weighted by Gasteiger charge is 2.34. The lowest BCUT2D eigenvalue weighted by Crippen LogP contribution is -2.32. The summed E-state index contributed by atoms with van der Waals surface area (Å²) in [5, 5.41) is 0. The first-order chi connectivity index (χ1) is 16.0. The van der Waals surface area contributed by atoms with Gasteiger partial charge in [0.05, 0.1) is 16.5 Å². The molecule has 0 bridgehead atoms. The van der Waals surface area contributed by atoms with Gasteiger partial charge in [-0.05, 0) is 68.5 Å². The van der Waals surface area contributed by atoms with Crippen LogP contribution in [0.25, 0.3) is 0 Å². The Morgan fingerprint density at radius 1 is 0.848 bits per heavy atom. The molecule has 3 aromatic carbocycles. The normalized spacial score (nSPS) is 15.0. The number of benzene rings is 3. The SMILES string of the molecule is CCC1(OCC(=O)Oc2c(C)cc([S+](c3ccccc3)c3ccccc3)cc2C)CCCC1. The van der Waals surface area contributed by atoms with Crippen molar-refractivity contribution in [2.24, 2.45) is 0 Å². The molecule has 3 aromatic rings. The van der Waals surface area contributed by atoms with Crippen LogP contribution in [0, 0.1) is 13.8 Å². The van der Waals surface area contributed by atoms with Gasteiger partial charge in [-0.1, -0.05) is 56.2 Å². The molecule has 0 radical (unpaired) electrons. The van der Waals surface area contributed by atoms with Gasteiger partial charge in [-0.3, -0.25) is 0 Å². The minimum absolute atomic E-state index is 0.00682. The van der Waals surface area contributed by atoms with Crippen LogP contribution in [-0.2, 0) is 20.4 Å². The van der Waals surface area contributed by atoms with Crippen LogP contribution in [0.5, 0.6) is 5.75 Å². The third kappa shape index (κ3) is 5.51. The Kier molecular flexibility index (Phi) is 7.56. The number of esters is 1. The number of ether oxygens (including phenoxy) is 2. The minimum atomic E-state index is -0.321. The fraction of sp³-hybridized carbons (Fsp3) is 0.345. The maximum Gasteiger partial charge on any atom is 0.337 e. The molecule has 0 saturated heterocycles. The summed E-state index contributed by atoms with van der Waals surface area (Å²) in [5.74, 6) is 0.327. The molecule has 0 N–H and O–H groups in total. The molecule has 0 amide bonds. The van der Waals surface area contributed by atoms with Gasteiger partial charge in [0.1, 0.15) is 12.4 Å². The fourth-order valence-electron chi connectivity index (χ4n) is 4.69. The van der Waals surface area contributed by atoms with Crippen molar-refractivity contribution in [3.8, 4) is 5.75 Å². The molecule has 3 nitrogen and oxygen atoms in total. The Balaban J connectivity index is 1.56. The van der Waals surface area contributed by atoms with Crippen LogP contribution >= 0.6 is 0 Å². The van der Waals surface area contributed by atoms with Gasteiger partial charge in [0, 0.05) is 12.1 Å². The van der Waals surface area contributed by atoms with Crippen molar-refractivity contribution in [3.05, 3.63) is 83.9 Å². The second kappa shape index (κ2) is 10.6. The molecule has 1 aliphatic carbocycles. The lowest BCUT2D eigenvalue weighted by Gasteiger charge is -2.27. The zero-order valence-corrected chi connectivity index (χ0v) is 20.6. The van der Waals surface area contributed by atoms with Gasteiger partial charge in [-0.2, -0.15) is 0 Å². The zero-order valence-electron chi connectivity index (χ0n) is 19.8. The average molecular weight is 462 g/mol. The van der Waals surface area contributed by atoms with E-state index in [1.54, 1.807) is 0 Å². The van der Waals surface area contributed by atoms with Crippen LogP contribution in [0.2, 0.25) is 0 Å². The van der Waals surface area contributed by atoms with Gasteiger partial charge >= 0.3 is 5.97 Å². The summed E-state index contributed by atoms with van der Waals surface area (Å²) in [7, 11) is -0.233. The number of carbonyl (C=O) groups is 1. The third-order valence-corrected chi connectivity index (χ3v) is 8.69. The summed E-state index contributed by atoms with van der Waals surface area (Å²) >= 11 is 0. The first kappa shape index (κ1) is 23.6. The summed E-state index contributed by atoms with van der Waals surface area (Å²) in [6.45, 7) is 6.18. The number of hydrogen-bond acceptors (Lipinski definition) is 3. The van der Waals surface area contributed by atoms with E-state index in [4.69, 9.17) is 9.47 Å². The molecule has 1 aliphatic rings. The maximum atomic E-state index is 12.6. The lowest BCUT2D eigenvalue weighted by atomic mass is 9.99. The molecule has 33 heavy (non-hydrogen) atoms. The number of hydrogen-bond donors (Lipinski definition) is 0.